The van der Waals surface area contributed by atoms with Gasteiger partial charge in [0.05, 0.1) is 16.8 Å². The third-order valence-electron chi connectivity index (χ3n) is 5.28. The standard InChI is InChI=1S/C22H25N3O3/c1-13-10-16-17(11-14(13)2)25-20(27)18(19(26)24-16)22(3,4)21(28)23-12-15-8-6-5-7-9-15/h5-11,18H,12H2,1-4H3,(H,23,28)(H,24,26)(H,25,27). The zero-order valence-electron chi connectivity index (χ0n) is 16.6. The van der Waals surface area contributed by atoms with Crippen LogP contribution < -0.4 is 16.0 Å². The van der Waals surface area contributed by atoms with Gasteiger partial charge in [-0.25, -0.2) is 0 Å². The summed E-state index contributed by atoms with van der Waals surface area (Å²) >= 11 is 0. The van der Waals surface area contributed by atoms with Gasteiger partial charge in [0, 0.05) is 6.54 Å². The van der Waals surface area contributed by atoms with Crippen LogP contribution in [0.1, 0.15) is 30.5 Å². The van der Waals surface area contributed by atoms with E-state index in [0.717, 1.165) is 16.7 Å². The topological polar surface area (TPSA) is 87.3 Å². The fourth-order valence-corrected chi connectivity index (χ4v) is 3.34. The van der Waals surface area contributed by atoms with E-state index in [4.69, 9.17) is 0 Å². The minimum Gasteiger partial charge on any atom is -0.352 e. The van der Waals surface area contributed by atoms with Crippen LogP contribution in [-0.4, -0.2) is 17.7 Å². The molecule has 0 unspecified atom stereocenters. The van der Waals surface area contributed by atoms with Gasteiger partial charge in [0.1, 0.15) is 5.92 Å². The lowest BCUT2D eigenvalue weighted by Gasteiger charge is -2.29. The van der Waals surface area contributed by atoms with Gasteiger partial charge < -0.3 is 16.0 Å². The maximum Gasteiger partial charge on any atom is 0.238 e. The van der Waals surface area contributed by atoms with Crippen molar-refractivity contribution in [3.63, 3.8) is 0 Å². The summed E-state index contributed by atoms with van der Waals surface area (Å²) in [5.41, 5.74) is 2.82. The maximum atomic E-state index is 12.9. The summed E-state index contributed by atoms with van der Waals surface area (Å²) in [5, 5.41) is 8.45. The molecule has 0 aromatic heterocycles. The van der Waals surface area contributed by atoms with Crippen molar-refractivity contribution in [1.29, 1.82) is 0 Å². The summed E-state index contributed by atoms with van der Waals surface area (Å²) in [6.07, 6.45) is 0. The van der Waals surface area contributed by atoms with Gasteiger partial charge in [-0.3, -0.25) is 14.4 Å². The lowest BCUT2D eigenvalue weighted by atomic mass is 9.76. The molecular formula is C22H25N3O3. The lowest BCUT2D eigenvalue weighted by molar-refractivity contribution is -0.144. The molecule has 3 rings (SSSR count). The van der Waals surface area contributed by atoms with Gasteiger partial charge in [0.2, 0.25) is 17.7 Å². The van der Waals surface area contributed by atoms with Gasteiger partial charge in [-0.15, -0.1) is 0 Å². The number of rotatable bonds is 4. The number of hydrogen-bond donors (Lipinski definition) is 3. The third-order valence-corrected chi connectivity index (χ3v) is 5.28. The molecular weight excluding hydrogens is 354 g/mol. The molecule has 28 heavy (non-hydrogen) atoms. The molecule has 0 atom stereocenters. The quantitative estimate of drug-likeness (QED) is 0.713. The number of aryl methyl sites for hydroxylation is 2. The van der Waals surface area contributed by atoms with Crippen molar-refractivity contribution in [1.82, 2.24) is 5.32 Å². The summed E-state index contributed by atoms with van der Waals surface area (Å²) in [7, 11) is 0. The van der Waals surface area contributed by atoms with Crippen LogP contribution in [0.4, 0.5) is 11.4 Å². The Labute approximate surface area is 164 Å². The summed E-state index contributed by atoms with van der Waals surface area (Å²) in [4.78, 5) is 38.6. The van der Waals surface area contributed by atoms with Gasteiger partial charge in [0.15, 0.2) is 0 Å². The highest BCUT2D eigenvalue weighted by Crippen LogP contribution is 2.35. The molecule has 0 fully saturated rings. The summed E-state index contributed by atoms with van der Waals surface area (Å²) in [6, 6.07) is 13.1. The monoisotopic (exact) mass is 379 g/mol. The zero-order valence-corrected chi connectivity index (χ0v) is 16.6. The van der Waals surface area contributed by atoms with Gasteiger partial charge in [-0.2, -0.15) is 0 Å². The molecule has 1 aliphatic heterocycles. The Hall–Kier alpha value is -3.15. The smallest absolute Gasteiger partial charge is 0.238 e. The Morgan fingerprint density at radius 3 is 1.96 bits per heavy atom. The fourth-order valence-electron chi connectivity index (χ4n) is 3.34. The minimum atomic E-state index is -1.23. The zero-order chi connectivity index (χ0) is 20.5. The number of carbonyl (C=O) groups is 3. The predicted octanol–water partition coefficient (Wildman–Crippen LogP) is 3.15. The molecule has 0 bridgehead atoms. The molecule has 3 N–H and O–H groups in total. The molecule has 2 aromatic carbocycles. The molecule has 1 heterocycles. The van der Waals surface area contributed by atoms with Crippen molar-refractivity contribution in [2.75, 3.05) is 10.6 Å². The van der Waals surface area contributed by atoms with Crippen LogP contribution in [0, 0.1) is 25.2 Å². The van der Waals surface area contributed by atoms with Gasteiger partial charge in [0.25, 0.3) is 0 Å². The van der Waals surface area contributed by atoms with Crippen molar-refractivity contribution in [3.8, 4) is 0 Å². The van der Waals surface area contributed by atoms with Crippen LogP contribution >= 0.6 is 0 Å². The highest BCUT2D eigenvalue weighted by atomic mass is 16.2. The Kier molecular flexibility index (Phi) is 5.23. The van der Waals surface area contributed by atoms with Crippen molar-refractivity contribution in [2.24, 2.45) is 11.3 Å². The Morgan fingerprint density at radius 1 is 0.964 bits per heavy atom. The SMILES string of the molecule is Cc1cc2c(cc1C)NC(=O)C(C(C)(C)C(=O)NCc1ccccc1)C(=O)N2. The van der Waals surface area contributed by atoms with Crippen LogP contribution in [0.2, 0.25) is 0 Å². The molecule has 146 valence electrons. The number of carbonyl (C=O) groups excluding carboxylic acids is 3. The summed E-state index contributed by atoms with van der Waals surface area (Å²) in [6.45, 7) is 7.44. The highest BCUT2D eigenvalue weighted by Gasteiger charge is 2.47. The van der Waals surface area contributed by atoms with E-state index in [-0.39, 0.29) is 5.91 Å². The van der Waals surface area contributed by atoms with E-state index in [1.165, 1.54) is 0 Å². The Morgan fingerprint density at radius 2 is 1.46 bits per heavy atom. The van der Waals surface area contributed by atoms with E-state index < -0.39 is 23.1 Å². The lowest BCUT2D eigenvalue weighted by Crippen LogP contribution is -2.50. The van der Waals surface area contributed by atoms with Crippen LogP contribution in [0.3, 0.4) is 0 Å². The average molecular weight is 379 g/mol. The first-order valence-electron chi connectivity index (χ1n) is 9.25. The maximum absolute atomic E-state index is 12.9. The summed E-state index contributed by atoms with van der Waals surface area (Å²) < 4.78 is 0. The normalized spacial score (nSPS) is 14.6. The molecule has 0 saturated carbocycles. The molecule has 2 aromatic rings. The van der Waals surface area contributed by atoms with Crippen LogP contribution in [-0.2, 0) is 20.9 Å². The molecule has 0 saturated heterocycles. The number of nitrogens with one attached hydrogen (secondary N) is 3. The number of benzene rings is 2. The van der Waals surface area contributed by atoms with Crippen LogP contribution in [0.25, 0.3) is 0 Å². The fraction of sp³-hybridized carbons (Fsp3) is 0.318. The largest absolute Gasteiger partial charge is 0.352 e. The van der Waals surface area contributed by atoms with Crippen molar-refractivity contribution >= 4 is 29.1 Å². The van der Waals surface area contributed by atoms with Gasteiger partial charge in [-0.05, 0) is 56.5 Å². The van der Waals surface area contributed by atoms with E-state index in [2.05, 4.69) is 16.0 Å². The van der Waals surface area contributed by atoms with E-state index in [1.807, 2.05) is 56.3 Å². The number of fused-ring (bicyclic) bond motifs is 1. The number of amides is 3. The number of anilines is 2. The second-order valence-corrected chi connectivity index (χ2v) is 7.78. The van der Waals surface area contributed by atoms with Crippen LogP contribution in [0.15, 0.2) is 42.5 Å². The van der Waals surface area contributed by atoms with Crippen molar-refractivity contribution < 1.29 is 14.4 Å². The van der Waals surface area contributed by atoms with Gasteiger partial charge >= 0.3 is 0 Å². The molecule has 1 aliphatic rings. The first kappa shape index (κ1) is 19.6. The van der Waals surface area contributed by atoms with Gasteiger partial charge in [-0.1, -0.05) is 30.3 Å². The average Bonchev–Trinajstić information content (AvgIpc) is 2.76. The Bertz CT molecular complexity index is 893. The molecule has 6 heteroatoms. The second kappa shape index (κ2) is 7.46. The Balaban J connectivity index is 1.82. The first-order chi connectivity index (χ1) is 13.2. The van der Waals surface area contributed by atoms with E-state index in [9.17, 15) is 14.4 Å². The third kappa shape index (κ3) is 3.76. The first-order valence-corrected chi connectivity index (χ1v) is 9.25. The van der Waals surface area contributed by atoms with Crippen molar-refractivity contribution in [3.05, 3.63) is 59.2 Å². The predicted molar refractivity (Wildman–Crippen MR) is 109 cm³/mol. The van der Waals surface area contributed by atoms with Crippen LogP contribution in [0.5, 0.6) is 0 Å². The molecule has 0 spiro atoms. The van der Waals surface area contributed by atoms with E-state index in [1.54, 1.807) is 13.8 Å². The highest BCUT2D eigenvalue weighted by molar-refractivity contribution is 6.18. The minimum absolute atomic E-state index is 0.331. The molecule has 0 radical (unpaired) electrons. The second-order valence-electron chi connectivity index (χ2n) is 7.78. The number of hydrogen-bond acceptors (Lipinski definition) is 3. The van der Waals surface area contributed by atoms with Crippen molar-refractivity contribution in [2.45, 2.75) is 34.2 Å². The molecule has 6 nitrogen and oxygen atoms in total. The van der Waals surface area contributed by atoms with E-state index >= 15 is 0 Å². The molecule has 3 amide bonds. The molecule has 0 aliphatic carbocycles. The summed E-state index contributed by atoms with van der Waals surface area (Å²) in [5.74, 6) is -2.49. The van der Waals surface area contributed by atoms with E-state index in [0.29, 0.717) is 17.9 Å².